The van der Waals surface area contributed by atoms with Crippen LogP contribution in [0, 0.1) is 5.41 Å². The number of carbonyl (C=O) groups is 1. The number of likely N-dealkylation sites (N-methyl/N-ethyl adjacent to an activating group) is 1. The molecule has 0 bridgehead atoms. The summed E-state index contributed by atoms with van der Waals surface area (Å²) in [6.45, 7) is 9.77. The van der Waals surface area contributed by atoms with Crippen molar-refractivity contribution in [3.8, 4) is 11.5 Å². The van der Waals surface area contributed by atoms with Gasteiger partial charge in [-0.2, -0.15) is 0 Å². The summed E-state index contributed by atoms with van der Waals surface area (Å²) in [5, 5.41) is 0. The van der Waals surface area contributed by atoms with Gasteiger partial charge in [-0.1, -0.05) is 19.9 Å². The van der Waals surface area contributed by atoms with Crippen molar-refractivity contribution < 1.29 is 14.3 Å². The van der Waals surface area contributed by atoms with Crippen LogP contribution < -0.4 is 15.2 Å². The van der Waals surface area contributed by atoms with Crippen molar-refractivity contribution in [3.63, 3.8) is 0 Å². The number of benzene rings is 1. The number of rotatable bonds is 7. The fourth-order valence-electron chi connectivity index (χ4n) is 3.49. The van der Waals surface area contributed by atoms with Crippen molar-refractivity contribution in [2.45, 2.75) is 39.8 Å². The van der Waals surface area contributed by atoms with Crippen LogP contribution in [0.3, 0.4) is 0 Å². The Morgan fingerprint density at radius 3 is 2.52 bits per heavy atom. The highest BCUT2D eigenvalue weighted by atomic mass is 35.5. The van der Waals surface area contributed by atoms with E-state index in [4.69, 9.17) is 15.2 Å². The molecule has 1 aliphatic rings. The van der Waals surface area contributed by atoms with Crippen LogP contribution in [-0.2, 0) is 11.3 Å². The summed E-state index contributed by atoms with van der Waals surface area (Å²) in [4.78, 5) is 16.9. The zero-order valence-corrected chi connectivity index (χ0v) is 18.0. The molecule has 1 aliphatic heterocycles. The van der Waals surface area contributed by atoms with E-state index in [1.165, 1.54) is 0 Å². The van der Waals surface area contributed by atoms with E-state index in [0.29, 0.717) is 31.1 Å². The molecule has 0 aliphatic carbocycles. The Kier molecular flexibility index (Phi) is 8.85. The number of halogens is 1. The van der Waals surface area contributed by atoms with Crippen LogP contribution in [0.15, 0.2) is 18.2 Å². The lowest BCUT2D eigenvalue weighted by atomic mass is 9.80. The van der Waals surface area contributed by atoms with Crippen molar-refractivity contribution >= 4 is 18.3 Å². The van der Waals surface area contributed by atoms with Gasteiger partial charge in [0.15, 0.2) is 11.5 Å². The van der Waals surface area contributed by atoms with E-state index >= 15 is 0 Å². The Hall–Kier alpha value is -1.50. The van der Waals surface area contributed by atoms with E-state index in [1.54, 1.807) is 14.2 Å². The van der Waals surface area contributed by atoms with Crippen LogP contribution >= 0.6 is 12.4 Å². The average molecular weight is 400 g/mol. The number of piperidine rings is 1. The number of carbonyl (C=O) groups excluding carboxylic acids is 1. The average Bonchev–Trinajstić information content (AvgIpc) is 2.62. The number of nitrogens with zero attached hydrogens (tertiary/aromatic N) is 2. The van der Waals surface area contributed by atoms with Crippen molar-refractivity contribution in [1.82, 2.24) is 9.80 Å². The summed E-state index contributed by atoms with van der Waals surface area (Å²) in [5.74, 6) is 1.52. The monoisotopic (exact) mass is 399 g/mol. The Morgan fingerprint density at radius 2 is 1.96 bits per heavy atom. The molecule has 1 saturated heterocycles. The van der Waals surface area contributed by atoms with Crippen LogP contribution in [0.1, 0.15) is 32.8 Å². The lowest BCUT2D eigenvalue weighted by Gasteiger charge is -2.42. The third-order valence-electron chi connectivity index (χ3n) is 5.31. The highest BCUT2D eigenvalue weighted by molar-refractivity contribution is 5.85. The Labute approximate surface area is 169 Å². The van der Waals surface area contributed by atoms with Gasteiger partial charge >= 0.3 is 0 Å². The Balaban J connectivity index is 0.00000364. The van der Waals surface area contributed by atoms with Gasteiger partial charge in [-0.25, -0.2) is 0 Å². The van der Waals surface area contributed by atoms with E-state index in [2.05, 4.69) is 18.7 Å². The first-order chi connectivity index (χ1) is 12.3. The molecule has 6 nitrogen and oxygen atoms in total. The molecular formula is C20H34ClN3O3. The summed E-state index contributed by atoms with van der Waals surface area (Å²) < 4.78 is 10.6. The predicted molar refractivity (Wildman–Crippen MR) is 111 cm³/mol. The van der Waals surface area contributed by atoms with E-state index in [-0.39, 0.29) is 29.8 Å². The third-order valence-corrected chi connectivity index (χ3v) is 5.31. The predicted octanol–water partition coefficient (Wildman–Crippen LogP) is 2.53. The molecule has 1 heterocycles. The van der Waals surface area contributed by atoms with E-state index in [9.17, 15) is 4.79 Å². The number of likely N-dealkylation sites (tertiary alicyclic amines) is 1. The Bertz CT molecular complexity index is 624. The van der Waals surface area contributed by atoms with Gasteiger partial charge in [0.2, 0.25) is 5.91 Å². The van der Waals surface area contributed by atoms with Gasteiger partial charge in [0, 0.05) is 32.2 Å². The maximum atomic E-state index is 12.8. The molecule has 0 aromatic heterocycles. The highest BCUT2D eigenvalue weighted by Gasteiger charge is 2.34. The number of hydrogen-bond donors (Lipinski definition) is 1. The van der Waals surface area contributed by atoms with Gasteiger partial charge in [0.25, 0.3) is 0 Å². The molecule has 1 fully saturated rings. The molecule has 0 radical (unpaired) electrons. The van der Waals surface area contributed by atoms with Gasteiger partial charge in [-0.3, -0.25) is 9.69 Å². The summed E-state index contributed by atoms with van der Waals surface area (Å²) in [7, 11) is 3.23. The van der Waals surface area contributed by atoms with Crippen molar-refractivity contribution in [2.75, 3.05) is 40.4 Å². The van der Waals surface area contributed by atoms with Gasteiger partial charge in [-0.15, -0.1) is 12.4 Å². The lowest BCUT2D eigenvalue weighted by molar-refractivity contribution is -0.133. The summed E-state index contributed by atoms with van der Waals surface area (Å²) in [6.07, 6.45) is 0.933. The molecule has 0 saturated carbocycles. The lowest BCUT2D eigenvalue weighted by Crippen LogP contribution is -2.54. The van der Waals surface area contributed by atoms with Crippen molar-refractivity contribution in [1.29, 1.82) is 0 Å². The second-order valence-corrected chi connectivity index (χ2v) is 7.69. The Morgan fingerprint density at radius 1 is 1.30 bits per heavy atom. The standard InChI is InChI=1S/C20H33N3O3.ClH/c1-6-23(12-15-7-8-16(25-4)17(11-15)26-5)19(24)13-22-10-9-18(21)20(2,3)14-22;/h7-8,11,18H,6,9-10,12-14,21H2,1-5H3;1H. The molecule has 1 amide bonds. The summed E-state index contributed by atoms with van der Waals surface area (Å²) in [6, 6.07) is 5.97. The first kappa shape index (κ1) is 23.5. The number of nitrogens with two attached hydrogens (primary N) is 1. The number of amides is 1. The number of methoxy groups -OCH3 is 2. The third kappa shape index (κ3) is 5.99. The van der Waals surface area contributed by atoms with Crippen molar-refractivity contribution in [2.24, 2.45) is 11.1 Å². The van der Waals surface area contributed by atoms with Crippen LogP contribution in [0.5, 0.6) is 11.5 Å². The smallest absolute Gasteiger partial charge is 0.237 e. The second kappa shape index (κ2) is 10.2. The van der Waals surface area contributed by atoms with Crippen LogP contribution in [-0.4, -0.2) is 62.1 Å². The second-order valence-electron chi connectivity index (χ2n) is 7.69. The topological polar surface area (TPSA) is 68.0 Å². The zero-order chi connectivity index (χ0) is 19.3. The zero-order valence-electron chi connectivity index (χ0n) is 17.2. The van der Waals surface area contributed by atoms with Gasteiger partial charge in [-0.05, 0) is 36.5 Å². The fourth-order valence-corrected chi connectivity index (χ4v) is 3.49. The summed E-state index contributed by atoms with van der Waals surface area (Å²) in [5.41, 5.74) is 7.27. The molecule has 0 spiro atoms. The minimum absolute atomic E-state index is 0. The quantitative estimate of drug-likeness (QED) is 0.763. The minimum Gasteiger partial charge on any atom is -0.493 e. The molecule has 1 aromatic rings. The van der Waals surface area contributed by atoms with E-state index < -0.39 is 0 Å². The first-order valence-electron chi connectivity index (χ1n) is 9.27. The molecule has 2 N–H and O–H groups in total. The molecule has 1 atom stereocenters. The fraction of sp³-hybridized carbons (Fsp3) is 0.650. The van der Waals surface area contributed by atoms with Crippen LogP contribution in [0.4, 0.5) is 0 Å². The van der Waals surface area contributed by atoms with Gasteiger partial charge in [0.05, 0.1) is 20.8 Å². The number of ether oxygens (including phenoxy) is 2. The summed E-state index contributed by atoms with van der Waals surface area (Å²) >= 11 is 0. The maximum Gasteiger partial charge on any atom is 0.237 e. The molecule has 7 heteroatoms. The normalized spacial score (nSPS) is 19.1. The number of hydrogen-bond acceptors (Lipinski definition) is 5. The van der Waals surface area contributed by atoms with Crippen molar-refractivity contribution in [3.05, 3.63) is 23.8 Å². The molecule has 154 valence electrons. The van der Waals surface area contributed by atoms with Crippen LogP contribution in [0.25, 0.3) is 0 Å². The molecule has 2 rings (SSSR count). The van der Waals surface area contributed by atoms with Gasteiger partial charge in [0.1, 0.15) is 0 Å². The molecule has 1 aromatic carbocycles. The van der Waals surface area contributed by atoms with E-state index in [0.717, 1.165) is 25.1 Å². The highest BCUT2D eigenvalue weighted by Crippen LogP contribution is 2.29. The maximum absolute atomic E-state index is 12.8. The molecule has 27 heavy (non-hydrogen) atoms. The van der Waals surface area contributed by atoms with Gasteiger partial charge < -0.3 is 20.1 Å². The molecule has 1 unspecified atom stereocenters. The largest absolute Gasteiger partial charge is 0.493 e. The minimum atomic E-state index is 0. The SMILES string of the molecule is CCN(Cc1ccc(OC)c(OC)c1)C(=O)CN1CCC(N)C(C)(C)C1.Cl. The van der Waals surface area contributed by atoms with Crippen LogP contribution in [0.2, 0.25) is 0 Å². The van der Waals surface area contributed by atoms with E-state index in [1.807, 2.05) is 30.0 Å². The molecular weight excluding hydrogens is 366 g/mol. The first-order valence-corrected chi connectivity index (χ1v) is 9.27.